The van der Waals surface area contributed by atoms with Gasteiger partial charge in [0.15, 0.2) is 5.96 Å². The van der Waals surface area contributed by atoms with Crippen LogP contribution in [0.1, 0.15) is 26.5 Å². The first-order chi connectivity index (χ1) is 12.4. The van der Waals surface area contributed by atoms with Crippen LogP contribution in [0.15, 0.2) is 39.7 Å². The first-order valence-corrected chi connectivity index (χ1v) is 8.76. The number of guanidine groups is 1. The average Bonchev–Trinajstić information content (AvgIpc) is 2.98. The fourth-order valence-corrected chi connectivity index (χ4v) is 2.34. The summed E-state index contributed by atoms with van der Waals surface area (Å²) >= 11 is 0. The fourth-order valence-electron chi connectivity index (χ4n) is 2.34. The van der Waals surface area contributed by atoms with Gasteiger partial charge in [-0.3, -0.25) is 4.99 Å². The largest absolute Gasteiger partial charge is 0.461 e. The van der Waals surface area contributed by atoms with E-state index in [1.165, 1.54) is 0 Å². The first-order valence-electron chi connectivity index (χ1n) is 8.76. The molecule has 0 unspecified atom stereocenters. The molecule has 8 heteroatoms. The summed E-state index contributed by atoms with van der Waals surface area (Å²) in [6.45, 7) is 7.18. The van der Waals surface area contributed by atoms with Crippen LogP contribution >= 0.6 is 24.0 Å². The maximum absolute atomic E-state index is 11.6. The summed E-state index contributed by atoms with van der Waals surface area (Å²) in [7, 11) is 1.71. The molecule has 0 bridgehead atoms. The van der Waals surface area contributed by atoms with Crippen LogP contribution in [0, 0.1) is 0 Å². The Kier molecular flexibility index (Phi) is 9.40. The van der Waals surface area contributed by atoms with Gasteiger partial charge in [0.2, 0.25) is 0 Å². The number of aliphatic imine (C=N–C) groups is 1. The van der Waals surface area contributed by atoms with Gasteiger partial charge in [0.05, 0.1) is 0 Å². The number of hydrogen-bond donors (Lipinski definition) is 3. The smallest absolute Gasteiger partial charge is 0.407 e. The first kappa shape index (κ1) is 23.1. The Morgan fingerprint density at radius 2 is 1.78 bits per heavy atom. The van der Waals surface area contributed by atoms with Gasteiger partial charge in [-0.25, -0.2) is 4.79 Å². The van der Waals surface area contributed by atoms with Crippen LogP contribution in [0.3, 0.4) is 0 Å². The molecule has 1 aromatic heterocycles. The number of carbonyl (C=O) groups excluding carboxylic acids is 1. The number of carbonyl (C=O) groups is 1. The number of ether oxygens (including phenoxy) is 1. The van der Waals surface area contributed by atoms with Gasteiger partial charge in [-0.1, -0.05) is 18.2 Å². The quantitative estimate of drug-likeness (QED) is 0.252. The lowest BCUT2D eigenvalue weighted by Crippen LogP contribution is -2.42. The summed E-state index contributed by atoms with van der Waals surface area (Å²) in [5, 5.41) is 10.2. The van der Waals surface area contributed by atoms with E-state index in [0.717, 1.165) is 23.2 Å². The van der Waals surface area contributed by atoms with Crippen LogP contribution in [-0.4, -0.2) is 44.3 Å². The van der Waals surface area contributed by atoms with Gasteiger partial charge in [-0.2, -0.15) is 0 Å². The van der Waals surface area contributed by atoms with Crippen LogP contribution in [0.2, 0.25) is 0 Å². The fraction of sp³-hybridized carbons (Fsp3) is 0.474. The van der Waals surface area contributed by atoms with E-state index in [2.05, 4.69) is 27.0 Å². The number of fused-ring (bicyclic) bond motifs is 1. The van der Waals surface area contributed by atoms with Crippen LogP contribution in [-0.2, 0) is 11.2 Å². The lowest BCUT2D eigenvalue weighted by Gasteiger charge is -2.19. The van der Waals surface area contributed by atoms with Crippen molar-refractivity contribution in [2.24, 2.45) is 4.99 Å². The van der Waals surface area contributed by atoms with Crippen LogP contribution in [0.5, 0.6) is 0 Å². The van der Waals surface area contributed by atoms with Crippen molar-refractivity contribution in [3.8, 4) is 0 Å². The Morgan fingerprint density at radius 3 is 2.44 bits per heavy atom. The molecule has 1 aromatic carbocycles. The molecule has 0 saturated heterocycles. The highest BCUT2D eigenvalue weighted by Crippen LogP contribution is 2.18. The molecule has 0 spiro atoms. The lowest BCUT2D eigenvalue weighted by atomic mass is 10.2. The SMILES string of the molecule is CN=C(NCCNC(=O)OC(C)(C)C)NCCc1cc2ccccc2o1.I. The normalized spacial score (nSPS) is 11.6. The highest BCUT2D eigenvalue weighted by atomic mass is 127. The minimum absolute atomic E-state index is 0. The minimum Gasteiger partial charge on any atom is -0.461 e. The van der Waals surface area contributed by atoms with Crippen LogP contribution < -0.4 is 16.0 Å². The molecule has 150 valence electrons. The molecule has 2 aromatic rings. The van der Waals surface area contributed by atoms with Crippen molar-refractivity contribution in [2.45, 2.75) is 32.8 Å². The van der Waals surface area contributed by atoms with Gasteiger partial charge in [-0.15, -0.1) is 24.0 Å². The second kappa shape index (κ2) is 11.0. The van der Waals surface area contributed by atoms with Gasteiger partial charge < -0.3 is 25.1 Å². The van der Waals surface area contributed by atoms with Gasteiger partial charge in [0.1, 0.15) is 16.9 Å². The molecule has 0 radical (unpaired) electrons. The number of rotatable bonds is 6. The standard InChI is InChI=1S/C19H28N4O3.HI/c1-19(2,3)26-18(24)23-12-11-22-17(20-4)21-10-9-15-13-14-7-5-6-8-16(14)25-15;/h5-8,13H,9-12H2,1-4H3,(H,23,24)(H2,20,21,22);1H. The molecule has 27 heavy (non-hydrogen) atoms. The van der Waals surface area contributed by atoms with E-state index in [9.17, 15) is 4.79 Å². The molecule has 0 aliphatic carbocycles. The van der Waals surface area contributed by atoms with E-state index in [1.54, 1.807) is 7.05 Å². The zero-order valence-corrected chi connectivity index (χ0v) is 18.6. The van der Waals surface area contributed by atoms with Crippen molar-refractivity contribution in [1.82, 2.24) is 16.0 Å². The lowest BCUT2D eigenvalue weighted by molar-refractivity contribution is 0.0529. The van der Waals surface area contributed by atoms with Gasteiger partial charge in [-0.05, 0) is 32.9 Å². The Balaban J connectivity index is 0.00000364. The predicted molar refractivity (Wildman–Crippen MR) is 119 cm³/mol. The van der Waals surface area contributed by atoms with Gasteiger partial charge in [0, 0.05) is 38.5 Å². The van der Waals surface area contributed by atoms with E-state index in [0.29, 0.717) is 25.6 Å². The molecular formula is C19H29IN4O3. The van der Waals surface area contributed by atoms with Crippen molar-refractivity contribution < 1.29 is 13.9 Å². The number of halogens is 1. The Labute approximate surface area is 177 Å². The molecule has 3 N–H and O–H groups in total. The zero-order valence-electron chi connectivity index (χ0n) is 16.3. The Bertz CT molecular complexity index is 720. The summed E-state index contributed by atoms with van der Waals surface area (Å²) in [6, 6.07) is 10.0. The van der Waals surface area contributed by atoms with E-state index in [1.807, 2.05) is 45.0 Å². The van der Waals surface area contributed by atoms with Gasteiger partial charge >= 0.3 is 6.09 Å². The minimum atomic E-state index is -0.494. The number of nitrogens with one attached hydrogen (secondary N) is 3. The second-order valence-electron chi connectivity index (χ2n) is 6.85. The third kappa shape index (κ3) is 8.51. The van der Waals surface area contributed by atoms with Crippen molar-refractivity contribution in [3.63, 3.8) is 0 Å². The highest BCUT2D eigenvalue weighted by molar-refractivity contribution is 14.0. The molecule has 0 aliphatic rings. The maximum atomic E-state index is 11.6. The van der Waals surface area contributed by atoms with Crippen molar-refractivity contribution in [2.75, 3.05) is 26.7 Å². The number of furan rings is 1. The molecule has 0 fully saturated rings. The summed E-state index contributed by atoms with van der Waals surface area (Å²) in [6.07, 6.45) is 0.332. The molecular weight excluding hydrogens is 459 g/mol. The number of hydrogen-bond acceptors (Lipinski definition) is 4. The number of para-hydroxylation sites is 1. The van der Waals surface area contributed by atoms with Crippen LogP contribution in [0.25, 0.3) is 11.0 Å². The maximum Gasteiger partial charge on any atom is 0.407 e. The third-order valence-corrected chi connectivity index (χ3v) is 3.45. The highest BCUT2D eigenvalue weighted by Gasteiger charge is 2.15. The molecule has 1 heterocycles. The van der Waals surface area contributed by atoms with E-state index in [-0.39, 0.29) is 24.0 Å². The van der Waals surface area contributed by atoms with Crippen molar-refractivity contribution >= 4 is 47.0 Å². The number of alkyl carbamates (subject to hydrolysis) is 1. The monoisotopic (exact) mass is 488 g/mol. The number of nitrogens with zero attached hydrogens (tertiary/aromatic N) is 1. The molecule has 7 nitrogen and oxygen atoms in total. The summed E-state index contributed by atoms with van der Waals surface area (Å²) < 4.78 is 11.0. The molecule has 2 rings (SSSR count). The summed E-state index contributed by atoms with van der Waals surface area (Å²) in [5.74, 6) is 1.60. The zero-order chi connectivity index (χ0) is 19.0. The summed E-state index contributed by atoms with van der Waals surface area (Å²) in [4.78, 5) is 15.7. The van der Waals surface area contributed by atoms with Crippen molar-refractivity contribution in [1.29, 1.82) is 0 Å². The van der Waals surface area contributed by atoms with E-state index in [4.69, 9.17) is 9.15 Å². The Hall–Kier alpha value is -1.97. The average molecular weight is 488 g/mol. The van der Waals surface area contributed by atoms with Crippen LogP contribution in [0.4, 0.5) is 4.79 Å². The molecule has 0 atom stereocenters. The Morgan fingerprint density at radius 1 is 1.11 bits per heavy atom. The molecule has 1 amide bonds. The molecule has 0 aliphatic heterocycles. The van der Waals surface area contributed by atoms with E-state index >= 15 is 0 Å². The van der Waals surface area contributed by atoms with Gasteiger partial charge in [0.25, 0.3) is 0 Å². The number of benzene rings is 1. The third-order valence-electron chi connectivity index (χ3n) is 3.45. The number of amides is 1. The topological polar surface area (TPSA) is 87.9 Å². The van der Waals surface area contributed by atoms with E-state index < -0.39 is 11.7 Å². The molecule has 0 saturated carbocycles. The van der Waals surface area contributed by atoms with Crippen molar-refractivity contribution in [3.05, 3.63) is 36.1 Å². The predicted octanol–water partition coefficient (Wildman–Crippen LogP) is 3.28. The summed E-state index contributed by atoms with van der Waals surface area (Å²) in [5.41, 5.74) is 0.407. The second-order valence-corrected chi connectivity index (χ2v) is 6.85.